The Morgan fingerprint density at radius 1 is 0.290 bits per heavy atom. The summed E-state index contributed by atoms with van der Waals surface area (Å²) >= 11 is 0. The average molecular weight is 976 g/mol. The van der Waals surface area contributed by atoms with Crippen molar-refractivity contribution < 1.29 is 28.6 Å². The van der Waals surface area contributed by atoms with Crippen LogP contribution < -0.4 is 0 Å². The second kappa shape index (κ2) is 57.3. The summed E-state index contributed by atoms with van der Waals surface area (Å²) < 4.78 is 16.9. The molecule has 0 aliphatic carbocycles. The molecule has 0 fully saturated rings. The van der Waals surface area contributed by atoms with Gasteiger partial charge < -0.3 is 14.2 Å². The molecule has 410 valence electrons. The number of unbranched alkanes of at least 4 members (excludes halogenated alkanes) is 44. The van der Waals surface area contributed by atoms with Crippen LogP contribution in [-0.4, -0.2) is 37.2 Å². The van der Waals surface area contributed by atoms with E-state index in [0.29, 0.717) is 19.3 Å². The highest BCUT2D eigenvalue weighted by atomic mass is 16.6. The number of hydrogen-bond acceptors (Lipinski definition) is 6. The van der Waals surface area contributed by atoms with Crippen molar-refractivity contribution in [3.63, 3.8) is 0 Å². The van der Waals surface area contributed by atoms with Crippen LogP contribution in [0.5, 0.6) is 0 Å². The average Bonchev–Trinajstić information content (AvgIpc) is 3.35. The molecule has 0 bridgehead atoms. The van der Waals surface area contributed by atoms with Gasteiger partial charge in [-0.05, 0) is 25.2 Å². The van der Waals surface area contributed by atoms with E-state index in [4.69, 9.17) is 14.2 Å². The van der Waals surface area contributed by atoms with Crippen molar-refractivity contribution in [3.8, 4) is 0 Å². The van der Waals surface area contributed by atoms with Crippen molar-refractivity contribution in [1.82, 2.24) is 0 Å². The summed E-state index contributed by atoms with van der Waals surface area (Å²) in [5.74, 6) is 0.0808. The Kier molecular flexibility index (Phi) is 56.0. The molecule has 0 N–H and O–H groups in total. The van der Waals surface area contributed by atoms with Crippen LogP contribution >= 0.6 is 0 Å². The van der Waals surface area contributed by atoms with E-state index in [1.165, 1.54) is 257 Å². The van der Waals surface area contributed by atoms with Gasteiger partial charge in [-0.25, -0.2) is 0 Å². The second-order valence-electron chi connectivity index (χ2n) is 21.9. The van der Waals surface area contributed by atoms with E-state index in [2.05, 4.69) is 27.7 Å². The van der Waals surface area contributed by atoms with Gasteiger partial charge in [0, 0.05) is 19.3 Å². The number of esters is 3. The molecule has 6 heteroatoms. The van der Waals surface area contributed by atoms with Crippen molar-refractivity contribution >= 4 is 17.9 Å². The normalized spacial score (nSPS) is 12.3. The fourth-order valence-electron chi connectivity index (χ4n) is 9.78. The first kappa shape index (κ1) is 67.4. The van der Waals surface area contributed by atoms with Crippen LogP contribution in [0.15, 0.2) is 0 Å². The zero-order valence-electron chi connectivity index (χ0n) is 47.3. The van der Waals surface area contributed by atoms with Gasteiger partial charge in [-0.3, -0.25) is 14.4 Å². The lowest BCUT2D eigenvalue weighted by molar-refractivity contribution is -0.167. The lowest BCUT2D eigenvalue weighted by Gasteiger charge is -2.18. The molecule has 0 aliphatic heterocycles. The molecule has 2 atom stereocenters. The van der Waals surface area contributed by atoms with Crippen LogP contribution in [0.4, 0.5) is 0 Å². The van der Waals surface area contributed by atoms with Gasteiger partial charge in [-0.1, -0.05) is 323 Å². The van der Waals surface area contributed by atoms with E-state index < -0.39 is 6.10 Å². The Balaban J connectivity index is 4.23. The van der Waals surface area contributed by atoms with Crippen molar-refractivity contribution in [2.75, 3.05) is 13.2 Å². The third-order valence-electron chi connectivity index (χ3n) is 14.9. The number of ether oxygens (including phenoxy) is 3. The van der Waals surface area contributed by atoms with Gasteiger partial charge in [0.05, 0.1) is 0 Å². The minimum absolute atomic E-state index is 0.0612. The van der Waals surface area contributed by atoms with Crippen LogP contribution in [-0.2, 0) is 28.6 Å². The van der Waals surface area contributed by atoms with Crippen LogP contribution in [0.3, 0.4) is 0 Å². The lowest BCUT2D eigenvalue weighted by Crippen LogP contribution is -2.30. The maximum absolute atomic E-state index is 12.9. The van der Waals surface area contributed by atoms with Gasteiger partial charge in [0.25, 0.3) is 0 Å². The van der Waals surface area contributed by atoms with Crippen molar-refractivity contribution in [3.05, 3.63) is 0 Å². The van der Waals surface area contributed by atoms with Gasteiger partial charge >= 0.3 is 17.9 Å². The molecular formula is C63H122O6. The molecule has 0 saturated heterocycles. The molecule has 0 aromatic heterocycles. The van der Waals surface area contributed by atoms with E-state index in [9.17, 15) is 14.4 Å². The van der Waals surface area contributed by atoms with Gasteiger partial charge in [0.15, 0.2) is 6.10 Å². The molecule has 0 heterocycles. The third-order valence-corrected chi connectivity index (χ3v) is 14.9. The Hall–Kier alpha value is -1.59. The zero-order valence-corrected chi connectivity index (χ0v) is 47.3. The largest absolute Gasteiger partial charge is 0.462 e. The van der Waals surface area contributed by atoms with Crippen LogP contribution in [0, 0.1) is 5.92 Å². The Morgan fingerprint density at radius 3 is 0.754 bits per heavy atom. The van der Waals surface area contributed by atoms with Crippen LogP contribution in [0.2, 0.25) is 0 Å². The first-order valence-electron chi connectivity index (χ1n) is 31.4. The zero-order chi connectivity index (χ0) is 50.2. The topological polar surface area (TPSA) is 78.9 Å². The van der Waals surface area contributed by atoms with E-state index in [1.807, 2.05) is 0 Å². The van der Waals surface area contributed by atoms with E-state index in [1.54, 1.807) is 0 Å². The molecule has 0 aromatic carbocycles. The number of hydrogen-bond donors (Lipinski definition) is 0. The van der Waals surface area contributed by atoms with Gasteiger partial charge in [0.2, 0.25) is 0 Å². The summed E-state index contributed by atoms with van der Waals surface area (Å²) in [6.45, 7) is 9.12. The molecule has 0 rings (SSSR count). The summed E-state index contributed by atoms with van der Waals surface area (Å²) in [5, 5.41) is 0. The fourth-order valence-corrected chi connectivity index (χ4v) is 9.78. The minimum atomic E-state index is -0.762. The molecule has 0 amide bonds. The van der Waals surface area contributed by atoms with Gasteiger partial charge in [0.1, 0.15) is 13.2 Å². The predicted octanol–water partition coefficient (Wildman–Crippen LogP) is 21.0. The highest BCUT2D eigenvalue weighted by molar-refractivity contribution is 5.71. The van der Waals surface area contributed by atoms with E-state index >= 15 is 0 Å². The van der Waals surface area contributed by atoms with Crippen LogP contribution in [0.1, 0.15) is 362 Å². The van der Waals surface area contributed by atoms with Crippen molar-refractivity contribution in [2.45, 2.75) is 368 Å². The van der Waals surface area contributed by atoms with E-state index in [0.717, 1.165) is 63.7 Å². The smallest absolute Gasteiger partial charge is 0.306 e. The van der Waals surface area contributed by atoms with Gasteiger partial charge in [-0.15, -0.1) is 0 Å². The monoisotopic (exact) mass is 975 g/mol. The molecule has 0 saturated carbocycles. The maximum atomic E-state index is 12.9. The van der Waals surface area contributed by atoms with Crippen LogP contribution in [0.25, 0.3) is 0 Å². The lowest BCUT2D eigenvalue weighted by atomic mass is 9.99. The Morgan fingerprint density at radius 2 is 0.507 bits per heavy atom. The number of rotatable bonds is 58. The number of carbonyl (C=O) groups excluding carboxylic acids is 3. The summed E-state index contributed by atoms with van der Waals surface area (Å²) in [4.78, 5) is 38.2. The quantitative estimate of drug-likeness (QED) is 0.0343. The Bertz CT molecular complexity index is 1040. The SMILES string of the molecule is CCCCCCCCCCCCCCCCCCC(=O)O[C@@H](COC(=O)CCCCCCCCCCCCCCC)COC(=O)CCCCCCCCCCCCCCCCCCCCC(C)CC. The predicted molar refractivity (Wildman–Crippen MR) is 298 cm³/mol. The van der Waals surface area contributed by atoms with Crippen molar-refractivity contribution in [1.29, 1.82) is 0 Å². The summed E-state index contributed by atoms with van der Waals surface area (Å²) in [7, 11) is 0. The standard InChI is InChI=1S/C63H122O6/c1-5-8-10-12-14-16-18-20-21-27-32-36-40-44-48-52-56-63(66)69-60(57-67-61(64)54-50-46-42-38-34-29-19-17-15-13-11-9-6-2)58-68-62(65)55-51-47-43-39-35-31-28-25-23-22-24-26-30-33-37-41-45-49-53-59(4)7-3/h59-60H,5-58H2,1-4H3/t59?,60-/m0/s1. The highest BCUT2D eigenvalue weighted by Crippen LogP contribution is 2.19. The summed E-state index contributed by atoms with van der Waals surface area (Å²) in [6.07, 6.45) is 63.8. The van der Waals surface area contributed by atoms with Crippen molar-refractivity contribution in [2.24, 2.45) is 5.92 Å². The maximum Gasteiger partial charge on any atom is 0.306 e. The molecule has 0 radical (unpaired) electrons. The minimum Gasteiger partial charge on any atom is -0.462 e. The molecule has 69 heavy (non-hydrogen) atoms. The van der Waals surface area contributed by atoms with E-state index in [-0.39, 0.29) is 31.1 Å². The molecule has 0 aliphatic rings. The molecule has 0 aromatic rings. The Labute approximate surface area is 431 Å². The highest BCUT2D eigenvalue weighted by Gasteiger charge is 2.19. The number of carbonyl (C=O) groups is 3. The summed E-state index contributed by atoms with van der Waals surface area (Å²) in [6, 6.07) is 0. The van der Waals surface area contributed by atoms with Gasteiger partial charge in [-0.2, -0.15) is 0 Å². The summed E-state index contributed by atoms with van der Waals surface area (Å²) in [5.41, 5.74) is 0. The molecule has 6 nitrogen and oxygen atoms in total. The first-order chi connectivity index (χ1) is 33.9. The first-order valence-corrected chi connectivity index (χ1v) is 31.4. The molecule has 0 spiro atoms. The second-order valence-corrected chi connectivity index (χ2v) is 21.9. The molecule has 1 unspecified atom stereocenters. The third kappa shape index (κ3) is 55.6. The molecular weight excluding hydrogens is 853 g/mol. The fraction of sp³-hybridized carbons (Fsp3) is 0.952.